The molecule has 1 aromatic carbocycles. The summed E-state index contributed by atoms with van der Waals surface area (Å²) in [5.74, 6) is -0.879. The topological polar surface area (TPSA) is 66.6 Å². The molecule has 0 bridgehead atoms. The second kappa shape index (κ2) is 5.95. The Morgan fingerprint density at radius 1 is 1.47 bits per heavy atom. The zero-order valence-corrected chi connectivity index (χ0v) is 11.4. The molecule has 0 saturated carbocycles. The maximum atomic E-state index is 11.4. The molecule has 0 aliphatic carbocycles. The van der Waals surface area contributed by atoms with Gasteiger partial charge >= 0.3 is 5.97 Å². The van der Waals surface area contributed by atoms with E-state index in [0.29, 0.717) is 17.3 Å². The van der Waals surface area contributed by atoms with Crippen molar-refractivity contribution >= 4 is 17.3 Å². The molecular formula is C15H22N2O2. The predicted molar refractivity (Wildman–Crippen MR) is 77.7 cm³/mol. The van der Waals surface area contributed by atoms with Crippen molar-refractivity contribution in [3.05, 3.63) is 23.8 Å². The predicted octanol–water partition coefficient (Wildman–Crippen LogP) is 3.13. The lowest BCUT2D eigenvalue weighted by atomic mass is 9.96. The second-order valence-corrected chi connectivity index (χ2v) is 5.21. The lowest BCUT2D eigenvalue weighted by Crippen LogP contribution is -2.40. The number of nitrogen functional groups attached to an aromatic ring is 1. The quantitative estimate of drug-likeness (QED) is 0.818. The highest BCUT2D eigenvalue weighted by Crippen LogP contribution is 2.31. The molecule has 1 aliphatic heterocycles. The minimum atomic E-state index is -0.879. The van der Waals surface area contributed by atoms with Gasteiger partial charge in [-0.2, -0.15) is 0 Å². The van der Waals surface area contributed by atoms with Crippen LogP contribution in [0.2, 0.25) is 0 Å². The first-order valence-corrected chi connectivity index (χ1v) is 7.03. The summed E-state index contributed by atoms with van der Waals surface area (Å²) in [6.07, 6.45) is 5.71. The molecular weight excluding hydrogens is 240 g/mol. The van der Waals surface area contributed by atoms with E-state index in [4.69, 9.17) is 5.73 Å². The van der Waals surface area contributed by atoms with Gasteiger partial charge in [-0.3, -0.25) is 0 Å². The van der Waals surface area contributed by atoms with E-state index < -0.39 is 5.97 Å². The zero-order chi connectivity index (χ0) is 13.8. The molecule has 0 aromatic heterocycles. The summed E-state index contributed by atoms with van der Waals surface area (Å²) in [5, 5.41) is 9.34. The first-order chi connectivity index (χ1) is 9.13. The highest BCUT2D eigenvalue weighted by molar-refractivity contribution is 5.95. The first-order valence-electron chi connectivity index (χ1n) is 7.03. The SMILES string of the molecule is CCCC1CCCCN1c1cc(N)ccc1C(=O)O. The smallest absolute Gasteiger partial charge is 0.337 e. The lowest BCUT2D eigenvalue weighted by molar-refractivity contribution is 0.0697. The van der Waals surface area contributed by atoms with Gasteiger partial charge in [0.15, 0.2) is 0 Å². The molecule has 4 nitrogen and oxygen atoms in total. The molecule has 0 spiro atoms. The van der Waals surface area contributed by atoms with E-state index in [9.17, 15) is 9.90 Å². The van der Waals surface area contributed by atoms with Gasteiger partial charge < -0.3 is 15.7 Å². The number of carboxylic acids is 1. The van der Waals surface area contributed by atoms with Crippen molar-refractivity contribution in [2.75, 3.05) is 17.2 Å². The number of nitrogens with two attached hydrogens (primary N) is 1. The summed E-state index contributed by atoms with van der Waals surface area (Å²) < 4.78 is 0. The molecule has 1 saturated heterocycles. The zero-order valence-electron chi connectivity index (χ0n) is 11.4. The van der Waals surface area contributed by atoms with E-state index in [1.54, 1.807) is 18.2 Å². The molecule has 1 aromatic rings. The molecule has 1 atom stereocenters. The van der Waals surface area contributed by atoms with Crippen molar-refractivity contribution in [2.24, 2.45) is 0 Å². The fourth-order valence-electron chi connectivity index (χ4n) is 2.92. The molecule has 0 amide bonds. The number of benzene rings is 1. The van der Waals surface area contributed by atoms with Crippen LogP contribution >= 0.6 is 0 Å². The average molecular weight is 262 g/mol. The van der Waals surface area contributed by atoms with Gasteiger partial charge in [-0.05, 0) is 43.9 Å². The second-order valence-electron chi connectivity index (χ2n) is 5.21. The number of hydrogen-bond acceptors (Lipinski definition) is 3. The minimum absolute atomic E-state index is 0.359. The number of piperidine rings is 1. The van der Waals surface area contributed by atoms with Crippen LogP contribution in [0.25, 0.3) is 0 Å². The van der Waals surface area contributed by atoms with Gasteiger partial charge in [-0.15, -0.1) is 0 Å². The van der Waals surface area contributed by atoms with Gasteiger partial charge in [0.25, 0.3) is 0 Å². The first kappa shape index (κ1) is 13.7. The summed E-state index contributed by atoms with van der Waals surface area (Å²) in [7, 11) is 0. The molecule has 3 N–H and O–H groups in total. The molecule has 104 valence electrons. The number of carbonyl (C=O) groups is 1. The third-order valence-corrected chi connectivity index (χ3v) is 3.81. The highest BCUT2D eigenvalue weighted by atomic mass is 16.4. The fourth-order valence-corrected chi connectivity index (χ4v) is 2.92. The van der Waals surface area contributed by atoms with Gasteiger partial charge in [0.1, 0.15) is 0 Å². The Balaban J connectivity index is 2.37. The maximum Gasteiger partial charge on any atom is 0.337 e. The summed E-state index contributed by atoms with van der Waals surface area (Å²) >= 11 is 0. The summed E-state index contributed by atoms with van der Waals surface area (Å²) in [6.45, 7) is 3.10. The minimum Gasteiger partial charge on any atom is -0.478 e. The van der Waals surface area contributed by atoms with Crippen LogP contribution in [-0.4, -0.2) is 23.7 Å². The number of aromatic carboxylic acids is 1. The Morgan fingerprint density at radius 2 is 2.26 bits per heavy atom. The maximum absolute atomic E-state index is 11.4. The third-order valence-electron chi connectivity index (χ3n) is 3.81. The van der Waals surface area contributed by atoms with E-state index >= 15 is 0 Å². The van der Waals surface area contributed by atoms with Crippen LogP contribution in [0.5, 0.6) is 0 Å². The van der Waals surface area contributed by atoms with Crippen LogP contribution < -0.4 is 10.6 Å². The average Bonchev–Trinajstić information content (AvgIpc) is 2.39. The van der Waals surface area contributed by atoms with Gasteiger partial charge in [-0.1, -0.05) is 13.3 Å². The van der Waals surface area contributed by atoms with Crippen molar-refractivity contribution in [1.29, 1.82) is 0 Å². The molecule has 4 heteroatoms. The van der Waals surface area contributed by atoms with Crippen molar-refractivity contribution < 1.29 is 9.90 Å². The van der Waals surface area contributed by atoms with Gasteiger partial charge in [0, 0.05) is 18.3 Å². The van der Waals surface area contributed by atoms with E-state index in [2.05, 4.69) is 11.8 Å². The number of rotatable bonds is 4. The molecule has 19 heavy (non-hydrogen) atoms. The van der Waals surface area contributed by atoms with Crippen LogP contribution in [0.3, 0.4) is 0 Å². The van der Waals surface area contributed by atoms with Gasteiger partial charge in [-0.25, -0.2) is 4.79 Å². The lowest BCUT2D eigenvalue weighted by Gasteiger charge is -2.38. The molecule has 2 rings (SSSR count). The van der Waals surface area contributed by atoms with Crippen molar-refractivity contribution in [1.82, 2.24) is 0 Å². The Bertz CT molecular complexity index is 457. The molecule has 1 unspecified atom stereocenters. The Kier molecular flexibility index (Phi) is 4.30. The van der Waals surface area contributed by atoms with Crippen LogP contribution in [-0.2, 0) is 0 Å². The van der Waals surface area contributed by atoms with Gasteiger partial charge in [0.2, 0.25) is 0 Å². The monoisotopic (exact) mass is 262 g/mol. The number of nitrogens with zero attached hydrogens (tertiary/aromatic N) is 1. The summed E-state index contributed by atoms with van der Waals surface area (Å²) in [6, 6.07) is 5.52. The van der Waals surface area contributed by atoms with Gasteiger partial charge in [0.05, 0.1) is 11.3 Å². The van der Waals surface area contributed by atoms with Crippen LogP contribution in [0.15, 0.2) is 18.2 Å². The number of anilines is 2. The van der Waals surface area contributed by atoms with E-state index in [0.717, 1.165) is 37.9 Å². The largest absolute Gasteiger partial charge is 0.478 e. The number of carboxylic acid groups (broad SMARTS) is 1. The van der Waals surface area contributed by atoms with Crippen LogP contribution in [0.1, 0.15) is 49.4 Å². The van der Waals surface area contributed by atoms with Crippen molar-refractivity contribution in [3.8, 4) is 0 Å². The van der Waals surface area contributed by atoms with Crippen LogP contribution in [0.4, 0.5) is 11.4 Å². The Labute approximate surface area is 114 Å². The van der Waals surface area contributed by atoms with E-state index in [-0.39, 0.29) is 0 Å². The Morgan fingerprint density at radius 3 is 2.95 bits per heavy atom. The summed E-state index contributed by atoms with van der Waals surface area (Å²) in [5.41, 5.74) is 7.60. The molecule has 0 radical (unpaired) electrons. The van der Waals surface area contributed by atoms with E-state index in [1.807, 2.05) is 0 Å². The van der Waals surface area contributed by atoms with Crippen LogP contribution in [0, 0.1) is 0 Å². The van der Waals surface area contributed by atoms with Crippen molar-refractivity contribution in [2.45, 2.75) is 45.1 Å². The molecule has 1 heterocycles. The van der Waals surface area contributed by atoms with Crippen molar-refractivity contribution in [3.63, 3.8) is 0 Å². The summed E-state index contributed by atoms with van der Waals surface area (Å²) in [4.78, 5) is 13.6. The fraction of sp³-hybridized carbons (Fsp3) is 0.533. The normalized spacial score (nSPS) is 19.4. The third kappa shape index (κ3) is 3.00. The van der Waals surface area contributed by atoms with E-state index in [1.165, 1.54) is 6.42 Å². The Hall–Kier alpha value is -1.71. The molecule has 1 aliphatic rings. The standard InChI is InChI=1S/C15H22N2O2/c1-2-5-12-6-3-4-9-17(12)14-10-11(16)7-8-13(14)15(18)19/h7-8,10,12H,2-6,9,16H2,1H3,(H,18,19). The molecule has 1 fully saturated rings. The highest BCUT2D eigenvalue weighted by Gasteiger charge is 2.25. The number of hydrogen-bond donors (Lipinski definition) is 2.